The second kappa shape index (κ2) is 9.39. The summed E-state index contributed by atoms with van der Waals surface area (Å²) in [5.41, 5.74) is 4.14. The lowest BCUT2D eigenvalue weighted by Gasteiger charge is -2.17. The van der Waals surface area contributed by atoms with E-state index in [1.54, 1.807) is 30.5 Å². The summed E-state index contributed by atoms with van der Waals surface area (Å²) >= 11 is 0. The van der Waals surface area contributed by atoms with Gasteiger partial charge in [0, 0.05) is 41.3 Å². The number of esters is 1. The zero-order valence-corrected chi connectivity index (χ0v) is 17.6. The van der Waals surface area contributed by atoms with Crippen LogP contribution in [0, 0.1) is 5.41 Å². The lowest BCUT2D eigenvalue weighted by Crippen LogP contribution is -2.05. The van der Waals surface area contributed by atoms with E-state index < -0.39 is 5.97 Å². The van der Waals surface area contributed by atoms with Gasteiger partial charge in [-0.25, -0.2) is 4.79 Å². The molecule has 0 aromatic heterocycles. The van der Waals surface area contributed by atoms with Crippen molar-refractivity contribution >= 4 is 35.1 Å². The molecule has 0 fully saturated rings. The molecule has 0 amide bonds. The van der Waals surface area contributed by atoms with Crippen molar-refractivity contribution in [2.75, 3.05) is 7.11 Å². The van der Waals surface area contributed by atoms with Gasteiger partial charge >= 0.3 is 5.97 Å². The summed E-state index contributed by atoms with van der Waals surface area (Å²) in [6, 6.07) is 18.1. The number of rotatable bonds is 7. The van der Waals surface area contributed by atoms with E-state index in [0.717, 1.165) is 40.5 Å². The zero-order valence-electron chi connectivity index (χ0n) is 17.6. The van der Waals surface area contributed by atoms with E-state index in [-0.39, 0.29) is 0 Å². The summed E-state index contributed by atoms with van der Waals surface area (Å²) in [5, 5.41) is 9.16. The molecule has 0 bridgehead atoms. The van der Waals surface area contributed by atoms with Gasteiger partial charge in [0.25, 0.3) is 0 Å². The Morgan fingerprint density at radius 3 is 2.72 bits per heavy atom. The first-order valence-corrected chi connectivity index (χ1v) is 10.3. The summed E-state index contributed by atoms with van der Waals surface area (Å²) in [5.74, 6) is 0.128. The molecular formula is C26H22N2O4. The van der Waals surface area contributed by atoms with Gasteiger partial charge in [0.2, 0.25) is 0 Å². The van der Waals surface area contributed by atoms with E-state index in [1.807, 2.05) is 36.4 Å². The van der Waals surface area contributed by atoms with Crippen molar-refractivity contribution in [1.82, 2.24) is 0 Å². The molecule has 1 aliphatic heterocycles. The maximum atomic E-state index is 12.5. The Morgan fingerprint density at radius 2 is 1.91 bits per heavy atom. The molecule has 2 aliphatic rings. The molecule has 1 heterocycles. The molecule has 0 unspecified atom stereocenters. The van der Waals surface area contributed by atoms with E-state index in [4.69, 9.17) is 14.6 Å². The number of aliphatic imine (C=N–C) groups is 1. The van der Waals surface area contributed by atoms with Crippen LogP contribution >= 0.6 is 0 Å². The van der Waals surface area contributed by atoms with Crippen LogP contribution in [-0.2, 0) is 9.53 Å². The number of nitrogens with one attached hydrogen (secondary N) is 1. The number of hydrogen-bond acceptors (Lipinski definition) is 6. The number of hydrogen-bond donors (Lipinski definition) is 1. The normalized spacial score (nSPS) is 11.3. The first kappa shape index (κ1) is 21.2. The van der Waals surface area contributed by atoms with Crippen LogP contribution in [0.5, 0.6) is 0 Å². The highest BCUT2D eigenvalue weighted by molar-refractivity contribution is 6.08. The number of aldehydes is 1. The molecule has 6 nitrogen and oxygen atoms in total. The van der Waals surface area contributed by atoms with Crippen molar-refractivity contribution < 1.29 is 18.7 Å². The number of carbonyl (C=O) groups is 2. The molecule has 1 N–H and O–H groups in total. The maximum Gasteiger partial charge on any atom is 0.338 e. The lowest BCUT2D eigenvalue weighted by atomic mass is 9.90. The highest BCUT2D eigenvalue weighted by Crippen LogP contribution is 2.42. The van der Waals surface area contributed by atoms with Gasteiger partial charge in [-0.1, -0.05) is 18.2 Å². The van der Waals surface area contributed by atoms with E-state index in [9.17, 15) is 9.59 Å². The van der Waals surface area contributed by atoms with Crippen LogP contribution in [0.25, 0.3) is 33.4 Å². The molecule has 0 spiro atoms. The third-order valence-corrected chi connectivity index (χ3v) is 5.20. The van der Waals surface area contributed by atoms with E-state index in [2.05, 4.69) is 4.99 Å². The highest BCUT2D eigenvalue weighted by atomic mass is 16.5. The number of carbonyl (C=O) groups excluding carboxylic acids is 2. The number of fused-ring (bicyclic) bond motifs is 2. The van der Waals surface area contributed by atoms with Crippen LogP contribution in [0.4, 0.5) is 5.69 Å². The molecule has 2 aromatic rings. The smallest absolute Gasteiger partial charge is 0.338 e. The van der Waals surface area contributed by atoms with Crippen LogP contribution in [0.1, 0.15) is 29.6 Å². The minimum atomic E-state index is -0.420. The van der Waals surface area contributed by atoms with E-state index >= 15 is 0 Å². The first-order chi connectivity index (χ1) is 15.6. The van der Waals surface area contributed by atoms with Crippen molar-refractivity contribution in [1.29, 1.82) is 5.41 Å². The maximum absolute atomic E-state index is 12.5. The second-order valence-corrected chi connectivity index (χ2v) is 7.31. The Balaban J connectivity index is 1.93. The summed E-state index contributed by atoms with van der Waals surface area (Å²) in [6.07, 6.45) is 4.69. The quantitative estimate of drug-likeness (QED) is 0.138. The van der Waals surface area contributed by atoms with Crippen LogP contribution in [-0.4, -0.2) is 25.6 Å². The molecule has 0 saturated carbocycles. The molecule has 160 valence electrons. The number of benzene rings is 3. The minimum Gasteiger partial charge on any atom is -0.465 e. The van der Waals surface area contributed by atoms with Gasteiger partial charge in [-0.3, -0.25) is 4.99 Å². The fraction of sp³-hybridized carbons (Fsp3) is 0.154. The fourth-order valence-electron chi connectivity index (χ4n) is 3.70. The van der Waals surface area contributed by atoms with Crippen molar-refractivity contribution in [3.8, 4) is 22.5 Å². The Bertz CT molecular complexity index is 1350. The number of nitrogens with zero attached hydrogens (tertiary/aromatic N) is 1. The van der Waals surface area contributed by atoms with E-state index in [0.29, 0.717) is 35.1 Å². The van der Waals surface area contributed by atoms with Gasteiger partial charge in [0.1, 0.15) is 17.6 Å². The molecule has 4 rings (SSSR count). The van der Waals surface area contributed by atoms with Gasteiger partial charge in [0.15, 0.2) is 0 Å². The Hall–Kier alpha value is -4.06. The third kappa shape index (κ3) is 4.21. The van der Waals surface area contributed by atoms with Crippen LogP contribution < -0.4 is 5.36 Å². The monoisotopic (exact) mass is 426 g/mol. The largest absolute Gasteiger partial charge is 0.465 e. The Kier molecular flexibility index (Phi) is 6.22. The van der Waals surface area contributed by atoms with Crippen molar-refractivity contribution in [3.63, 3.8) is 0 Å². The van der Waals surface area contributed by atoms with Crippen molar-refractivity contribution in [2.45, 2.75) is 19.3 Å². The predicted octanol–water partition coefficient (Wildman–Crippen LogP) is 5.54. The SMILES string of the molecule is COC(=O)c1ccccc1-c1c2ccc(=N)cc-2oc2cc(N=CCCCC=O)ccc12. The average Bonchev–Trinajstić information content (AvgIpc) is 2.81. The first-order valence-electron chi connectivity index (χ1n) is 10.3. The van der Waals surface area contributed by atoms with Crippen LogP contribution in [0.3, 0.4) is 0 Å². The standard InChI is InChI=1S/C26H22N2O4/c1-31-26(30)20-8-4-3-7-19(20)25-21-11-9-17(27)15-23(21)32-24-16-18(10-12-22(24)25)28-13-5-2-6-14-29/h3-4,7-16,27H,2,5-6H2,1H3. The Labute approximate surface area is 185 Å². The van der Waals surface area contributed by atoms with Crippen LogP contribution in [0.15, 0.2) is 70.1 Å². The van der Waals surface area contributed by atoms with Crippen LogP contribution in [0.2, 0.25) is 0 Å². The predicted molar refractivity (Wildman–Crippen MR) is 124 cm³/mol. The molecule has 1 aliphatic carbocycles. The lowest BCUT2D eigenvalue weighted by molar-refractivity contribution is -0.107. The average molecular weight is 426 g/mol. The molecule has 2 aromatic carbocycles. The van der Waals surface area contributed by atoms with Gasteiger partial charge in [-0.2, -0.15) is 0 Å². The van der Waals surface area contributed by atoms with Crippen molar-refractivity contribution in [2.24, 2.45) is 4.99 Å². The molecule has 0 saturated heterocycles. The molecule has 6 heteroatoms. The molecule has 0 atom stereocenters. The number of methoxy groups -OCH3 is 1. The highest BCUT2D eigenvalue weighted by Gasteiger charge is 2.21. The number of unbranched alkanes of at least 4 members (excludes halogenated alkanes) is 2. The van der Waals surface area contributed by atoms with Gasteiger partial charge in [0.05, 0.1) is 23.7 Å². The van der Waals surface area contributed by atoms with Gasteiger partial charge < -0.3 is 19.4 Å². The molecule has 32 heavy (non-hydrogen) atoms. The fourth-order valence-corrected chi connectivity index (χ4v) is 3.70. The molecular weight excluding hydrogens is 404 g/mol. The van der Waals surface area contributed by atoms with E-state index in [1.165, 1.54) is 7.11 Å². The zero-order chi connectivity index (χ0) is 22.5. The third-order valence-electron chi connectivity index (χ3n) is 5.20. The topological polar surface area (TPSA) is 92.7 Å². The number of ether oxygens (including phenoxy) is 1. The van der Waals surface area contributed by atoms with Gasteiger partial charge in [-0.05, 0) is 48.7 Å². The van der Waals surface area contributed by atoms with Gasteiger partial charge in [-0.15, -0.1) is 0 Å². The molecule has 0 radical (unpaired) electrons. The second-order valence-electron chi connectivity index (χ2n) is 7.31. The Morgan fingerprint density at radius 1 is 1.06 bits per heavy atom. The minimum absolute atomic E-state index is 0.331. The summed E-state index contributed by atoms with van der Waals surface area (Å²) in [4.78, 5) is 27.4. The summed E-state index contributed by atoms with van der Waals surface area (Å²) in [7, 11) is 1.36. The summed E-state index contributed by atoms with van der Waals surface area (Å²) < 4.78 is 11.1. The summed E-state index contributed by atoms with van der Waals surface area (Å²) in [6.45, 7) is 0. The van der Waals surface area contributed by atoms with Crippen molar-refractivity contribution in [3.05, 3.63) is 71.6 Å².